The van der Waals surface area contributed by atoms with Gasteiger partial charge in [0.25, 0.3) is 0 Å². The second-order valence-electron chi connectivity index (χ2n) is 5.72. The highest BCUT2D eigenvalue weighted by Gasteiger charge is 2.21. The van der Waals surface area contributed by atoms with Crippen molar-refractivity contribution in [3.05, 3.63) is 77.9 Å². The molecule has 1 aliphatic heterocycles. The van der Waals surface area contributed by atoms with Crippen LogP contribution in [-0.4, -0.2) is 25.0 Å². The van der Waals surface area contributed by atoms with Crippen LogP contribution in [0.15, 0.2) is 61.2 Å². The Balaban J connectivity index is 1.86. The van der Waals surface area contributed by atoms with Gasteiger partial charge in [0, 0.05) is 6.54 Å². The van der Waals surface area contributed by atoms with Gasteiger partial charge in [-0.15, -0.1) is 0 Å². The Bertz CT molecular complexity index is 600. The lowest BCUT2D eigenvalue weighted by Gasteiger charge is -2.13. The molecule has 0 N–H and O–H groups in total. The molecule has 0 aromatic heterocycles. The van der Waals surface area contributed by atoms with Crippen molar-refractivity contribution in [2.75, 3.05) is 20.1 Å². The van der Waals surface area contributed by atoms with Gasteiger partial charge in [0.1, 0.15) is 0 Å². The van der Waals surface area contributed by atoms with E-state index >= 15 is 0 Å². The van der Waals surface area contributed by atoms with Crippen LogP contribution in [0.25, 0.3) is 5.57 Å². The average Bonchev–Trinajstić information content (AvgIpc) is 2.94. The van der Waals surface area contributed by atoms with Crippen LogP contribution in [0.2, 0.25) is 0 Å². The number of likely N-dealkylation sites (tertiary alicyclic amines) is 1. The van der Waals surface area contributed by atoms with Crippen LogP contribution in [0.1, 0.15) is 29.0 Å². The Morgan fingerprint density at radius 1 is 1.05 bits per heavy atom. The molecule has 0 radical (unpaired) electrons. The molecular formula is C19H21N. The van der Waals surface area contributed by atoms with Crippen LogP contribution < -0.4 is 0 Å². The molecule has 3 rings (SSSR count). The molecule has 1 aliphatic rings. The fourth-order valence-corrected chi connectivity index (χ4v) is 2.99. The summed E-state index contributed by atoms with van der Waals surface area (Å²) in [7, 11) is 2.20. The zero-order valence-corrected chi connectivity index (χ0v) is 12.0. The van der Waals surface area contributed by atoms with E-state index in [2.05, 4.69) is 67.1 Å². The summed E-state index contributed by atoms with van der Waals surface area (Å²) in [5.41, 5.74) is 5.00. The van der Waals surface area contributed by atoms with Crippen LogP contribution in [0.5, 0.6) is 0 Å². The number of hydrogen-bond acceptors (Lipinski definition) is 1. The molecule has 1 atom stereocenters. The van der Waals surface area contributed by atoms with Crippen LogP contribution >= 0.6 is 0 Å². The van der Waals surface area contributed by atoms with Gasteiger partial charge in [0.2, 0.25) is 0 Å². The molecule has 1 heterocycles. The molecule has 2 aromatic rings. The molecule has 1 fully saturated rings. The molecule has 1 nitrogen and oxygen atoms in total. The number of benzene rings is 2. The zero-order chi connectivity index (χ0) is 13.9. The number of likely N-dealkylation sites (N-methyl/N-ethyl adjacent to an activating group) is 1. The maximum absolute atomic E-state index is 4.27. The second kappa shape index (κ2) is 5.64. The quantitative estimate of drug-likeness (QED) is 0.803. The SMILES string of the molecule is C=C(c1ccccc1)c1cccc(C2CCN(C)C2)c1. The van der Waals surface area contributed by atoms with Crippen LogP contribution in [0.4, 0.5) is 0 Å². The highest BCUT2D eigenvalue weighted by atomic mass is 15.1. The molecule has 0 saturated carbocycles. The predicted octanol–water partition coefficient (Wildman–Crippen LogP) is 4.17. The van der Waals surface area contributed by atoms with Crippen LogP contribution in [0, 0.1) is 0 Å². The van der Waals surface area contributed by atoms with Crippen molar-refractivity contribution < 1.29 is 0 Å². The third-order valence-electron chi connectivity index (χ3n) is 4.22. The van der Waals surface area contributed by atoms with Gasteiger partial charge < -0.3 is 4.90 Å². The lowest BCUT2D eigenvalue weighted by molar-refractivity contribution is 0.411. The summed E-state index contributed by atoms with van der Waals surface area (Å²) >= 11 is 0. The summed E-state index contributed by atoms with van der Waals surface area (Å²) in [5.74, 6) is 0.670. The Kier molecular flexibility index (Phi) is 3.70. The van der Waals surface area contributed by atoms with E-state index in [9.17, 15) is 0 Å². The Morgan fingerprint density at radius 3 is 2.50 bits per heavy atom. The van der Waals surface area contributed by atoms with Gasteiger partial charge in [-0.2, -0.15) is 0 Å². The predicted molar refractivity (Wildman–Crippen MR) is 85.9 cm³/mol. The summed E-state index contributed by atoms with van der Waals surface area (Å²) in [5, 5.41) is 0. The van der Waals surface area contributed by atoms with E-state index in [0.29, 0.717) is 5.92 Å². The van der Waals surface area contributed by atoms with E-state index in [1.165, 1.54) is 36.2 Å². The first kappa shape index (κ1) is 13.1. The maximum Gasteiger partial charge on any atom is 0.00477 e. The number of rotatable bonds is 3. The molecular weight excluding hydrogens is 242 g/mol. The fraction of sp³-hybridized carbons (Fsp3) is 0.263. The normalized spacial score (nSPS) is 19.1. The van der Waals surface area contributed by atoms with Crippen molar-refractivity contribution in [2.45, 2.75) is 12.3 Å². The average molecular weight is 263 g/mol. The van der Waals surface area contributed by atoms with Crippen LogP contribution in [0.3, 0.4) is 0 Å². The molecule has 102 valence electrons. The van der Waals surface area contributed by atoms with E-state index in [4.69, 9.17) is 0 Å². The zero-order valence-electron chi connectivity index (χ0n) is 12.0. The summed E-state index contributed by atoms with van der Waals surface area (Å²) in [6.07, 6.45) is 1.26. The minimum absolute atomic E-state index is 0.670. The molecule has 1 saturated heterocycles. The Labute approximate surface area is 121 Å². The van der Waals surface area contributed by atoms with Crippen molar-refractivity contribution in [2.24, 2.45) is 0 Å². The molecule has 0 amide bonds. The largest absolute Gasteiger partial charge is 0.306 e. The smallest absolute Gasteiger partial charge is 0.00477 e. The highest BCUT2D eigenvalue weighted by molar-refractivity contribution is 5.78. The number of nitrogens with zero attached hydrogens (tertiary/aromatic N) is 1. The van der Waals surface area contributed by atoms with Gasteiger partial charge in [-0.1, -0.05) is 61.2 Å². The van der Waals surface area contributed by atoms with Gasteiger partial charge in [0.05, 0.1) is 0 Å². The summed E-state index contributed by atoms with van der Waals surface area (Å²) in [4.78, 5) is 2.41. The standard InChI is InChI=1S/C19H21N/c1-15(16-7-4-3-5-8-16)17-9-6-10-18(13-17)19-11-12-20(2)14-19/h3-10,13,19H,1,11-12,14H2,2H3. The number of hydrogen-bond donors (Lipinski definition) is 0. The van der Waals surface area contributed by atoms with E-state index in [1.807, 2.05) is 6.07 Å². The van der Waals surface area contributed by atoms with Crippen molar-refractivity contribution in [3.8, 4) is 0 Å². The van der Waals surface area contributed by atoms with E-state index in [-0.39, 0.29) is 0 Å². The third kappa shape index (κ3) is 2.68. The topological polar surface area (TPSA) is 3.24 Å². The minimum Gasteiger partial charge on any atom is -0.306 e. The summed E-state index contributed by atoms with van der Waals surface area (Å²) < 4.78 is 0. The van der Waals surface area contributed by atoms with Gasteiger partial charge in [-0.3, -0.25) is 0 Å². The highest BCUT2D eigenvalue weighted by Crippen LogP contribution is 2.29. The van der Waals surface area contributed by atoms with E-state index in [0.717, 1.165) is 5.57 Å². The first-order valence-electron chi connectivity index (χ1n) is 7.27. The maximum atomic E-state index is 4.27. The molecule has 0 aliphatic carbocycles. The minimum atomic E-state index is 0.670. The van der Waals surface area contributed by atoms with Crippen molar-refractivity contribution >= 4 is 5.57 Å². The third-order valence-corrected chi connectivity index (χ3v) is 4.22. The molecule has 2 aromatic carbocycles. The van der Waals surface area contributed by atoms with Gasteiger partial charge in [-0.05, 0) is 48.2 Å². The molecule has 20 heavy (non-hydrogen) atoms. The van der Waals surface area contributed by atoms with Crippen molar-refractivity contribution in [3.63, 3.8) is 0 Å². The van der Waals surface area contributed by atoms with Gasteiger partial charge in [-0.25, -0.2) is 0 Å². The molecule has 0 spiro atoms. The van der Waals surface area contributed by atoms with Crippen molar-refractivity contribution in [1.29, 1.82) is 0 Å². The molecule has 0 bridgehead atoms. The van der Waals surface area contributed by atoms with Gasteiger partial charge in [0.15, 0.2) is 0 Å². The first-order chi connectivity index (χ1) is 9.74. The van der Waals surface area contributed by atoms with E-state index in [1.54, 1.807) is 0 Å². The summed E-state index contributed by atoms with van der Waals surface area (Å²) in [6, 6.07) is 19.3. The lowest BCUT2D eigenvalue weighted by Crippen LogP contribution is -2.13. The molecule has 1 unspecified atom stereocenters. The van der Waals surface area contributed by atoms with Crippen molar-refractivity contribution in [1.82, 2.24) is 4.90 Å². The van der Waals surface area contributed by atoms with Crippen LogP contribution in [-0.2, 0) is 0 Å². The monoisotopic (exact) mass is 263 g/mol. The Morgan fingerprint density at radius 2 is 1.80 bits per heavy atom. The van der Waals surface area contributed by atoms with Gasteiger partial charge >= 0.3 is 0 Å². The first-order valence-corrected chi connectivity index (χ1v) is 7.27. The summed E-state index contributed by atoms with van der Waals surface area (Å²) in [6.45, 7) is 6.64. The second-order valence-corrected chi connectivity index (χ2v) is 5.72. The lowest BCUT2D eigenvalue weighted by atomic mass is 9.93. The Hall–Kier alpha value is -1.86. The molecule has 1 heteroatoms. The fourth-order valence-electron chi connectivity index (χ4n) is 2.99. The van der Waals surface area contributed by atoms with E-state index < -0.39 is 0 Å².